The summed E-state index contributed by atoms with van der Waals surface area (Å²) in [5.74, 6) is 0.635. The van der Waals surface area contributed by atoms with Crippen LogP contribution in [0, 0.1) is 0 Å². The van der Waals surface area contributed by atoms with Crippen molar-refractivity contribution in [2.45, 2.75) is 64.3 Å². The fraction of sp³-hybridized carbons (Fsp3) is 0.667. The molecular formula is C21H32N2O2. The lowest BCUT2D eigenvalue weighted by atomic mass is 9.87. The summed E-state index contributed by atoms with van der Waals surface area (Å²) in [5.41, 5.74) is 1.36. The summed E-state index contributed by atoms with van der Waals surface area (Å²) < 4.78 is 5.58. The van der Waals surface area contributed by atoms with Gasteiger partial charge < -0.3 is 14.5 Å². The molecule has 25 heavy (non-hydrogen) atoms. The van der Waals surface area contributed by atoms with Crippen LogP contribution in [0.3, 0.4) is 0 Å². The van der Waals surface area contributed by atoms with Crippen LogP contribution in [0.1, 0.15) is 58.4 Å². The third-order valence-electron chi connectivity index (χ3n) is 5.56. The van der Waals surface area contributed by atoms with Crippen molar-refractivity contribution < 1.29 is 9.53 Å². The average molecular weight is 344 g/mol. The highest BCUT2D eigenvalue weighted by atomic mass is 16.6. The molecule has 0 aliphatic carbocycles. The molecule has 3 rings (SSSR count). The quantitative estimate of drug-likeness (QED) is 0.795. The first kappa shape index (κ1) is 18.2. The zero-order valence-electron chi connectivity index (χ0n) is 16.0. The maximum absolute atomic E-state index is 12.4. The summed E-state index contributed by atoms with van der Waals surface area (Å²) in [7, 11) is 0. The summed E-state index contributed by atoms with van der Waals surface area (Å²) >= 11 is 0. The van der Waals surface area contributed by atoms with Gasteiger partial charge in [0.15, 0.2) is 0 Å². The minimum Gasteiger partial charge on any atom is -0.410 e. The van der Waals surface area contributed by atoms with Crippen molar-refractivity contribution in [1.82, 2.24) is 9.80 Å². The topological polar surface area (TPSA) is 32.8 Å². The number of amides is 1. The van der Waals surface area contributed by atoms with Crippen LogP contribution >= 0.6 is 0 Å². The Morgan fingerprint density at radius 1 is 0.960 bits per heavy atom. The predicted molar refractivity (Wildman–Crippen MR) is 101 cm³/mol. The van der Waals surface area contributed by atoms with Gasteiger partial charge in [-0.3, -0.25) is 0 Å². The van der Waals surface area contributed by atoms with Crippen LogP contribution in [0.2, 0.25) is 0 Å². The van der Waals surface area contributed by atoms with Crippen LogP contribution in [0.25, 0.3) is 0 Å². The summed E-state index contributed by atoms with van der Waals surface area (Å²) in [6, 6.07) is 8.55. The molecule has 0 saturated carbocycles. The number of hydrogen-bond donors (Lipinski definition) is 0. The fourth-order valence-corrected chi connectivity index (χ4v) is 3.89. The zero-order chi connectivity index (χ0) is 17.9. The molecule has 2 aliphatic rings. The van der Waals surface area contributed by atoms with Crippen LogP contribution in [0.15, 0.2) is 24.3 Å². The van der Waals surface area contributed by atoms with E-state index in [9.17, 15) is 4.79 Å². The molecule has 0 unspecified atom stereocenters. The monoisotopic (exact) mass is 344 g/mol. The predicted octanol–water partition coefficient (Wildman–Crippen LogP) is 4.43. The van der Waals surface area contributed by atoms with Crippen LogP contribution in [-0.4, -0.2) is 48.1 Å². The smallest absolute Gasteiger partial charge is 0.410 e. The van der Waals surface area contributed by atoms with Crippen LogP contribution in [0.5, 0.6) is 5.75 Å². The number of piperidine rings is 2. The Kier molecular flexibility index (Phi) is 5.67. The lowest BCUT2D eigenvalue weighted by Crippen LogP contribution is -2.48. The first-order chi connectivity index (χ1) is 11.9. The lowest BCUT2D eigenvalue weighted by Gasteiger charge is -2.39. The van der Waals surface area contributed by atoms with E-state index < -0.39 is 0 Å². The molecule has 0 atom stereocenters. The Bertz CT molecular complexity index is 563. The van der Waals surface area contributed by atoms with E-state index in [-0.39, 0.29) is 11.5 Å². The van der Waals surface area contributed by atoms with Gasteiger partial charge in [-0.05, 0) is 61.9 Å². The normalized spacial score (nSPS) is 20.5. The zero-order valence-corrected chi connectivity index (χ0v) is 16.0. The van der Waals surface area contributed by atoms with Crippen molar-refractivity contribution in [2.24, 2.45) is 0 Å². The summed E-state index contributed by atoms with van der Waals surface area (Å²) in [5, 5.41) is 0. The Morgan fingerprint density at radius 2 is 1.56 bits per heavy atom. The Labute approximate surface area is 152 Å². The van der Waals surface area contributed by atoms with Gasteiger partial charge in [0.2, 0.25) is 0 Å². The highest BCUT2D eigenvalue weighted by molar-refractivity contribution is 5.70. The molecule has 1 amide bonds. The van der Waals surface area contributed by atoms with Gasteiger partial charge >= 0.3 is 6.09 Å². The molecule has 2 aliphatic heterocycles. The van der Waals surface area contributed by atoms with E-state index in [1.54, 1.807) is 0 Å². The van der Waals surface area contributed by atoms with E-state index >= 15 is 0 Å². The van der Waals surface area contributed by atoms with Crippen LogP contribution in [-0.2, 0) is 5.41 Å². The molecule has 4 nitrogen and oxygen atoms in total. The number of nitrogens with zero attached hydrogens (tertiary/aromatic N) is 2. The van der Waals surface area contributed by atoms with E-state index in [0.29, 0.717) is 11.8 Å². The Morgan fingerprint density at radius 3 is 2.12 bits per heavy atom. The molecule has 1 aromatic carbocycles. The highest BCUT2D eigenvalue weighted by Crippen LogP contribution is 2.25. The molecule has 138 valence electrons. The second kappa shape index (κ2) is 7.77. The van der Waals surface area contributed by atoms with E-state index in [0.717, 1.165) is 25.9 Å². The molecule has 4 heteroatoms. The molecule has 0 bridgehead atoms. The van der Waals surface area contributed by atoms with Crippen molar-refractivity contribution in [3.63, 3.8) is 0 Å². The highest BCUT2D eigenvalue weighted by Gasteiger charge is 2.28. The molecule has 0 aromatic heterocycles. The third kappa shape index (κ3) is 4.75. The van der Waals surface area contributed by atoms with Gasteiger partial charge in [-0.1, -0.05) is 39.3 Å². The Balaban J connectivity index is 1.49. The van der Waals surface area contributed by atoms with Crippen molar-refractivity contribution in [3.05, 3.63) is 29.8 Å². The maximum atomic E-state index is 12.4. The van der Waals surface area contributed by atoms with Crippen LogP contribution < -0.4 is 4.74 Å². The molecule has 2 fully saturated rings. The third-order valence-corrected chi connectivity index (χ3v) is 5.56. The van der Waals surface area contributed by atoms with Crippen molar-refractivity contribution >= 4 is 6.09 Å². The largest absolute Gasteiger partial charge is 0.415 e. The van der Waals surface area contributed by atoms with E-state index in [4.69, 9.17) is 4.74 Å². The van der Waals surface area contributed by atoms with E-state index in [1.165, 1.54) is 37.9 Å². The number of rotatable bonds is 2. The van der Waals surface area contributed by atoms with Gasteiger partial charge in [0.25, 0.3) is 0 Å². The first-order valence-electron chi connectivity index (χ1n) is 9.75. The number of hydrogen-bond acceptors (Lipinski definition) is 3. The van der Waals surface area contributed by atoms with Crippen molar-refractivity contribution in [2.75, 3.05) is 26.2 Å². The van der Waals surface area contributed by atoms with Gasteiger partial charge in [-0.15, -0.1) is 0 Å². The second-order valence-corrected chi connectivity index (χ2v) is 8.46. The number of carbonyl (C=O) groups is 1. The molecule has 1 aromatic rings. The summed E-state index contributed by atoms with van der Waals surface area (Å²) in [6.45, 7) is 10.6. The van der Waals surface area contributed by atoms with Gasteiger partial charge in [-0.25, -0.2) is 4.79 Å². The standard InChI is InChI=1S/C21H32N2O2/c1-21(2,3)17-7-9-19(10-8-17)25-20(24)23-15-11-18(12-16-23)22-13-5-4-6-14-22/h7-10,18H,4-6,11-16H2,1-3H3. The first-order valence-corrected chi connectivity index (χ1v) is 9.75. The summed E-state index contributed by atoms with van der Waals surface area (Å²) in [6.07, 6.45) is 5.95. The average Bonchev–Trinajstić information content (AvgIpc) is 2.62. The fourth-order valence-electron chi connectivity index (χ4n) is 3.89. The van der Waals surface area contributed by atoms with E-state index in [1.807, 2.05) is 29.2 Å². The summed E-state index contributed by atoms with van der Waals surface area (Å²) in [4.78, 5) is 16.9. The van der Waals surface area contributed by atoms with Gasteiger partial charge in [-0.2, -0.15) is 0 Å². The van der Waals surface area contributed by atoms with Gasteiger partial charge in [0.05, 0.1) is 0 Å². The minimum atomic E-state index is -0.208. The van der Waals surface area contributed by atoms with Gasteiger partial charge in [0, 0.05) is 19.1 Å². The van der Waals surface area contributed by atoms with Crippen molar-refractivity contribution in [3.8, 4) is 5.75 Å². The molecule has 2 saturated heterocycles. The van der Waals surface area contributed by atoms with Crippen LogP contribution in [0.4, 0.5) is 4.79 Å². The molecule has 2 heterocycles. The maximum Gasteiger partial charge on any atom is 0.415 e. The number of ether oxygens (including phenoxy) is 1. The van der Waals surface area contributed by atoms with E-state index in [2.05, 4.69) is 25.7 Å². The molecule has 0 N–H and O–H groups in total. The second-order valence-electron chi connectivity index (χ2n) is 8.46. The molecule has 0 spiro atoms. The minimum absolute atomic E-state index is 0.110. The van der Waals surface area contributed by atoms with Gasteiger partial charge in [0.1, 0.15) is 5.75 Å². The Hall–Kier alpha value is -1.55. The SMILES string of the molecule is CC(C)(C)c1ccc(OC(=O)N2CCC(N3CCCCC3)CC2)cc1. The number of carbonyl (C=O) groups excluding carboxylic acids is 1. The number of benzene rings is 1. The lowest BCUT2D eigenvalue weighted by molar-refractivity contribution is 0.0878. The molecule has 0 radical (unpaired) electrons. The van der Waals surface area contributed by atoms with Crippen molar-refractivity contribution in [1.29, 1.82) is 0 Å². The molecular weight excluding hydrogens is 312 g/mol. The number of likely N-dealkylation sites (tertiary alicyclic amines) is 2.